The Morgan fingerprint density at radius 3 is 2.63 bits per heavy atom. The van der Waals surface area contributed by atoms with Crippen LogP contribution in [-0.4, -0.2) is 26.3 Å². The van der Waals surface area contributed by atoms with Crippen LogP contribution in [0.15, 0.2) is 12.4 Å². The van der Waals surface area contributed by atoms with E-state index in [4.69, 9.17) is 0 Å². The average Bonchev–Trinajstić information content (AvgIpc) is 2.90. The molecule has 0 fully saturated rings. The Labute approximate surface area is 127 Å². The third-order valence-corrected chi connectivity index (χ3v) is 3.95. The summed E-state index contributed by atoms with van der Waals surface area (Å²) < 4.78 is 2.99. The molecule has 0 aliphatic carbocycles. The fraction of sp³-hybridized carbons (Fsp3) is 0.462. The Kier molecular flexibility index (Phi) is 4.73. The molecule has 2 heterocycles. The van der Waals surface area contributed by atoms with Gasteiger partial charge in [-0.3, -0.25) is 4.68 Å². The summed E-state index contributed by atoms with van der Waals surface area (Å²) in [4.78, 5) is 9.25. The van der Waals surface area contributed by atoms with E-state index >= 15 is 0 Å². The lowest BCUT2D eigenvalue weighted by atomic mass is 10.2. The molecule has 0 atom stereocenters. The fourth-order valence-electron chi connectivity index (χ4n) is 1.79. The zero-order valence-electron chi connectivity index (χ0n) is 11.4. The first-order chi connectivity index (χ1) is 9.19. The third kappa shape index (κ3) is 3.05. The van der Waals surface area contributed by atoms with Gasteiger partial charge in [0.25, 0.3) is 0 Å². The van der Waals surface area contributed by atoms with Crippen LogP contribution in [0.25, 0.3) is 11.4 Å². The van der Waals surface area contributed by atoms with Crippen LogP contribution in [0.3, 0.4) is 0 Å². The SMILES string of the molecule is CCNc1nc(-c2cnn(CC)c2)nc(CC)c1I. The monoisotopic (exact) mass is 371 g/mol. The van der Waals surface area contributed by atoms with Gasteiger partial charge >= 0.3 is 0 Å². The number of aryl methyl sites for hydroxylation is 2. The summed E-state index contributed by atoms with van der Waals surface area (Å²) in [6, 6.07) is 0. The van der Waals surface area contributed by atoms with Crippen LogP contribution in [0, 0.1) is 3.57 Å². The molecule has 102 valence electrons. The first-order valence-electron chi connectivity index (χ1n) is 6.52. The van der Waals surface area contributed by atoms with Crippen LogP contribution in [-0.2, 0) is 13.0 Å². The number of hydrogen-bond acceptors (Lipinski definition) is 4. The lowest BCUT2D eigenvalue weighted by molar-refractivity contribution is 0.660. The van der Waals surface area contributed by atoms with E-state index in [9.17, 15) is 0 Å². The highest BCUT2D eigenvalue weighted by Gasteiger charge is 2.13. The van der Waals surface area contributed by atoms with Gasteiger partial charge in [0.2, 0.25) is 0 Å². The molecule has 0 saturated carbocycles. The molecule has 5 nitrogen and oxygen atoms in total. The van der Waals surface area contributed by atoms with Gasteiger partial charge in [-0.05, 0) is 42.9 Å². The Bertz CT molecular complexity index is 564. The van der Waals surface area contributed by atoms with E-state index in [0.717, 1.165) is 46.0 Å². The van der Waals surface area contributed by atoms with Crippen molar-refractivity contribution in [1.82, 2.24) is 19.7 Å². The van der Waals surface area contributed by atoms with Gasteiger partial charge in [0, 0.05) is 19.3 Å². The Morgan fingerprint density at radius 2 is 2.05 bits per heavy atom. The number of halogens is 1. The van der Waals surface area contributed by atoms with Crippen LogP contribution in [0.5, 0.6) is 0 Å². The van der Waals surface area contributed by atoms with Crippen LogP contribution >= 0.6 is 22.6 Å². The number of anilines is 1. The largest absolute Gasteiger partial charge is 0.369 e. The first-order valence-corrected chi connectivity index (χ1v) is 7.60. The zero-order chi connectivity index (χ0) is 13.8. The van der Waals surface area contributed by atoms with Crippen molar-refractivity contribution < 1.29 is 0 Å². The van der Waals surface area contributed by atoms with E-state index in [1.807, 2.05) is 17.1 Å². The van der Waals surface area contributed by atoms with Crippen LogP contribution in [0.4, 0.5) is 5.82 Å². The van der Waals surface area contributed by atoms with Gasteiger partial charge < -0.3 is 5.32 Å². The minimum Gasteiger partial charge on any atom is -0.369 e. The summed E-state index contributed by atoms with van der Waals surface area (Å²) in [5.74, 6) is 1.65. The van der Waals surface area contributed by atoms with E-state index in [1.54, 1.807) is 0 Å². The van der Waals surface area contributed by atoms with Crippen LogP contribution < -0.4 is 5.32 Å². The molecule has 6 heteroatoms. The van der Waals surface area contributed by atoms with E-state index in [1.165, 1.54) is 0 Å². The number of nitrogens with one attached hydrogen (secondary N) is 1. The topological polar surface area (TPSA) is 55.6 Å². The highest BCUT2D eigenvalue weighted by molar-refractivity contribution is 14.1. The summed E-state index contributed by atoms with van der Waals surface area (Å²) in [5.41, 5.74) is 2.04. The molecule has 0 aliphatic rings. The van der Waals surface area contributed by atoms with Crippen LogP contribution in [0.1, 0.15) is 26.5 Å². The van der Waals surface area contributed by atoms with Crippen molar-refractivity contribution >= 4 is 28.4 Å². The molecular weight excluding hydrogens is 353 g/mol. The fourth-order valence-corrected chi connectivity index (χ4v) is 2.61. The average molecular weight is 371 g/mol. The van der Waals surface area contributed by atoms with Gasteiger partial charge in [-0.15, -0.1) is 0 Å². The van der Waals surface area contributed by atoms with Gasteiger partial charge in [0.1, 0.15) is 5.82 Å². The molecular formula is C13H18IN5. The van der Waals surface area contributed by atoms with Gasteiger partial charge in [-0.1, -0.05) is 6.92 Å². The molecule has 0 amide bonds. The third-order valence-electron chi connectivity index (χ3n) is 2.81. The highest BCUT2D eigenvalue weighted by Crippen LogP contribution is 2.24. The molecule has 2 aromatic heterocycles. The highest BCUT2D eigenvalue weighted by atomic mass is 127. The van der Waals surface area contributed by atoms with E-state index in [0.29, 0.717) is 0 Å². The van der Waals surface area contributed by atoms with Crippen molar-refractivity contribution in [3.63, 3.8) is 0 Å². The maximum absolute atomic E-state index is 4.64. The molecule has 0 unspecified atom stereocenters. The summed E-state index contributed by atoms with van der Waals surface area (Å²) >= 11 is 2.30. The predicted molar refractivity (Wildman–Crippen MR) is 85.2 cm³/mol. The maximum atomic E-state index is 4.64. The van der Waals surface area contributed by atoms with Gasteiger partial charge in [0.05, 0.1) is 21.0 Å². The quantitative estimate of drug-likeness (QED) is 0.822. The van der Waals surface area contributed by atoms with Crippen molar-refractivity contribution in [2.24, 2.45) is 0 Å². The molecule has 2 rings (SSSR count). The molecule has 0 aliphatic heterocycles. The molecule has 0 radical (unpaired) electrons. The molecule has 1 N–H and O–H groups in total. The molecule has 0 spiro atoms. The van der Waals surface area contributed by atoms with Gasteiger partial charge in [-0.25, -0.2) is 9.97 Å². The lowest BCUT2D eigenvalue weighted by Gasteiger charge is -2.10. The molecule has 0 saturated heterocycles. The summed E-state index contributed by atoms with van der Waals surface area (Å²) in [7, 11) is 0. The Balaban J connectivity index is 2.47. The maximum Gasteiger partial charge on any atom is 0.165 e. The second-order valence-corrected chi connectivity index (χ2v) is 5.20. The zero-order valence-corrected chi connectivity index (χ0v) is 13.6. The Hall–Kier alpha value is -1.18. The van der Waals surface area contributed by atoms with E-state index in [2.05, 4.69) is 63.7 Å². The minimum atomic E-state index is 0.743. The van der Waals surface area contributed by atoms with Crippen molar-refractivity contribution in [1.29, 1.82) is 0 Å². The summed E-state index contributed by atoms with van der Waals surface area (Å²) in [6.07, 6.45) is 4.70. The number of hydrogen-bond donors (Lipinski definition) is 1. The smallest absolute Gasteiger partial charge is 0.165 e. The molecule has 0 bridgehead atoms. The first kappa shape index (κ1) is 14.2. The van der Waals surface area contributed by atoms with E-state index in [-0.39, 0.29) is 0 Å². The second kappa shape index (κ2) is 6.31. The molecule has 0 aromatic carbocycles. The number of nitrogens with zero attached hydrogens (tertiary/aromatic N) is 4. The van der Waals surface area contributed by atoms with E-state index < -0.39 is 0 Å². The van der Waals surface area contributed by atoms with Crippen molar-refractivity contribution in [2.75, 3.05) is 11.9 Å². The van der Waals surface area contributed by atoms with Crippen molar-refractivity contribution in [3.8, 4) is 11.4 Å². The van der Waals surface area contributed by atoms with Gasteiger partial charge in [-0.2, -0.15) is 5.10 Å². The Morgan fingerprint density at radius 1 is 1.26 bits per heavy atom. The predicted octanol–water partition coefficient (Wildman–Crippen LogP) is 2.96. The molecule has 19 heavy (non-hydrogen) atoms. The van der Waals surface area contributed by atoms with Crippen molar-refractivity contribution in [3.05, 3.63) is 21.7 Å². The lowest BCUT2D eigenvalue weighted by Crippen LogP contribution is -2.07. The van der Waals surface area contributed by atoms with Crippen LogP contribution in [0.2, 0.25) is 0 Å². The van der Waals surface area contributed by atoms with Gasteiger partial charge in [0.15, 0.2) is 5.82 Å². The van der Waals surface area contributed by atoms with Crippen molar-refractivity contribution in [2.45, 2.75) is 33.7 Å². The summed E-state index contributed by atoms with van der Waals surface area (Å²) in [5, 5.41) is 7.57. The second-order valence-electron chi connectivity index (χ2n) is 4.13. The number of aromatic nitrogens is 4. The number of rotatable bonds is 5. The minimum absolute atomic E-state index is 0.743. The standard InChI is InChI=1S/C13H18IN5/c1-4-10-11(14)13(15-5-2)18-12(17-10)9-7-16-19(6-3)8-9/h7-8H,4-6H2,1-3H3,(H,15,17,18). The normalized spacial score (nSPS) is 10.7. The molecule has 2 aromatic rings. The summed E-state index contributed by atoms with van der Waals surface area (Å²) in [6.45, 7) is 7.94.